The lowest BCUT2D eigenvalue weighted by molar-refractivity contribution is -0.0775. The smallest absolute Gasteiger partial charge is 0.250 e. The molecule has 1 saturated heterocycles. The van der Waals surface area contributed by atoms with Crippen molar-refractivity contribution in [2.45, 2.75) is 36.1 Å². The van der Waals surface area contributed by atoms with Gasteiger partial charge in [0.05, 0.1) is 12.7 Å². The lowest BCUT2D eigenvalue weighted by Gasteiger charge is -2.47. The Labute approximate surface area is 129 Å². The molecule has 0 amide bonds. The fourth-order valence-electron chi connectivity index (χ4n) is 3.33. The molecule has 1 aromatic rings. The van der Waals surface area contributed by atoms with Crippen molar-refractivity contribution in [1.82, 2.24) is 4.72 Å². The summed E-state index contributed by atoms with van der Waals surface area (Å²) >= 11 is 1.34. The molecule has 3 rings (SSSR count). The second-order valence-corrected chi connectivity index (χ2v) is 8.74. The van der Waals surface area contributed by atoms with Crippen LogP contribution in [0.2, 0.25) is 0 Å². The zero-order valence-corrected chi connectivity index (χ0v) is 13.9. The number of ether oxygens (including phenoxy) is 2. The number of hydrogen-bond acceptors (Lipinski definition) is 5. The molecule has 1 aliphatic carbocycles. The zero-order chi connectivity index (χ0) is 15.0. The van der Waals surface area contributed by atoms with Crippen LogP contribution in [0, 0.1) is 11.8 Å². The summed E-state index contributed by atoms with van der Waals surface area (Å²) in [4.78, 5) is 1.08. The van der Waals surface area contributed by atoms with Crippen molar-refractivity contribution in [3.05, 3.63) is 17.0 Å². The Morgan fingerprint density at radius 1 is 1.48 bits per heavy atom. The van der Waals surface area contributed by atoms with Crippen LogP contribution in [0.1, 0.15) is 18.2 Å². The quantitative estimate of drug-likeness (QED) is 0.861. The highest BCUT2D eigenvalue weighted by Crippen LogP contribution is 2.44. The molecule has 1 saturated carbocycles. The Kier molecular flexibility index (Phi) is 4.38. The second-order valence-electron chi connectivity index (χ2n) is 5.63. The molecule has 1 aromatic heterocycles. The molecule has 7 heteroatoms. The number of methoxy groups -OCH3 is 1. The van der Waals surface area contributed by atoms with Crippen molar-refractivity contribution in [3.63, 3.8) is 0 Å². The molecule has 5 nitrogen and oxygen atoms in total. The van der Waals surface area contributed by atoms with E-state index in [4.69, 9.17) is 9.47 Å². The van der Waals surface area contributed by atoms with E-state index in [0.29, 0.717) is 17.4 Å². The number of aryl methyl sites for hydroxylation is 1. The zero-order valence-electron chi connectivity index (χ0n) is 12.2. The molecule has 2 fully saturated rings. The van der Waals surface area contributed by atoms with Crippen molar-refractivity contribution in [1.29, 1.82) is 0 Å². The van der Waals surface area contributed by atoms with E-state index < -0.39 is 10.0 Å². The maximum absolute atomic E-state index is 12.5. The standard InChI is InChI=1S/C14H21NO4S2/c1-3-9-4-5-12(20-9)21(16,17)15-13-10-6-7-19-14(10)11(13)8-18-2/h4-5,10-11,13-15H,3,6-8H2,1-2H3/t10-,11+,13+,14-/m0/s1. The summed E-state index contributed by atoms with van der Waals surface area (Å²) in [5, 5.41) is 0. The number of thiophene rings is 1. The second kappa shape index (κ2) is 5.96. The van der Waals surface area contributed by atoms with Gasteiger partial charge in [-0.2, -0.15) is 0 Å². The first-order valence-electron chi connectivity index (χ1n) is 7.28. The Hall–Kier alpha value is -0.470. The van der Waals surface area contributed by atoms with Crippen LogP contribution in [-0.2, 0) is 25.9 Å². The minimum Gasteiger partial charge on any atom is -0.384 e. The average Bonchev–Trinajstić information content (AvgIpc) is 3.09. The van der Waals surface area contributed by atoms with Gasteiger partial charge in [0, 0.05) is 36.5 Å². The summed E-state index contributed by atoms with van der Waals surface area (Å²) in [5.74, 6) is 0.397. The van der Waals surface area contributed by atoms with Crippen LogP contribution in [0.5, 0.6) is 0 Å². The van der Waals surface area contributed by atoms with Crippen molar-refractivity contribution in [2.75, 3.05) is 20.3 Å². The molecule has 0 unspecified atom stereocenters. The number of hydrogen-bond donors (Lipinski definition) is 1. The fraction of sp³-hybridized carbons (Fsp3) is 0.714. The molecule has 21 heavy (non-hydrogen) atoms. The van der Waals surface area contributed by atoms with E-state index in [1.54, 1.807) is 13.2 Å². The first-order valence-corrected chi connectivity index (χ1v) is 9.58. The maximum atomic E-state index is 12.5. The van der Waals surface area contributed by atoms with Gasteiger partial charge in [0.15, 0.2) is 0 Å². The van der Waals surface area contributed by atoms with Gasteiger partial charge >= 0.3 is 0 Å². The van der Waals surface area contributed by atoms with Crippen molar-refractivity contribution in [2.24, 2.45) is 11.8 Å². The maximum Gasteiger partial charge on any atom is 0.250 e. The predicted molar refractivity (Wildman–Crippen MR) is 81.0 cm³/mol. The van der Waals surface area contributed by atoms with Gasteiger partial charge in [-0.3, -0.25) is 0 Å². The Morgan fingerprint density at radius 2 is 2.29 bits per heavy atom. The highest BCUT2D eigenvalue weighted by Gasteiger charge is 2.55. The average molecular weight is 331 g/mol. The topological polar surface area (TPSA) is 64.6 Å². The summed E-state index contributed by atoms with van der Waals surface area (Å²) in [5.41, 5.74) is 0. The summed E-state index contributed by atoms with van der Waals surface area (Å²) in [6.45, 7) is 3.27. The van der Waals surface area contributed by atoms with E-state index in [1.807, 2.05) is 13.0 Å². The molecule has 1 aliphatic heterocycles. The van der Waals surface area contributed by atoms with Crippen molar-refractivity contribution in [3.8, 4) is 0 Å². The van der Waals surface area contributed by atoms with Gasteiger partial charge in [0.1, 0.15) is 4.21 Å². The van der Waals surface area contributed by atoms with Crippen LogP contribution < -0.4 is 4.72 Å². The highest BCUT2D eigenvalue weighted by atomic mass is 32.2. The van der Waals surface area contributed by atoms with Gasteiger partial charge in [-0.25, -0.2) is 13.1 Å². The molecule has 4 atom stereocenters. The molecule has 2 aliphatic rings. The van der Waals surface area contributed by atoms with E-state index in [9.17, 15) is 8.42 Å². The Bertz CT molecular complexity index is 598. The normalized spacial score (nSPS) is 31.9. The molecule has 0 spiro atoms. The molecule has 0 aromatic carbocycles. The van der Waals surface area contributed by atoms with Gasteiger partial charge in [-0.15, -0.1) is 11.3 Å². The molecular formula is C14H21NO4S2. The lowest BCUT2D eigenvalue weighted by atomic mass is 9.68. The molecule has 0 radical (unpaired) electrons. The number of nitrogens with one attached hydrogen (secondary N) is 1. The van der Waals surface area contributed by atoms with Crippen molar-refractivity contribution < 1.29 is 17.9 Å². The summed E-state index contributed by atoms with van der Waals surface area (Å²) in [6.07, 6.45) is 1.92. The van der Waals surface area contributed by atoms with Crippen molar-refractivity contribution >= 4 is 21.4 Å². The Morgan fingerprint density at radius 3 is 2.95 bits per heavy atom. The van der Waals surface area contributed by atoms with Gasteiger partial charge < -0.3 is 9.47 Å². The number of sulfonamides is 1. The molecule has 2 heterocycles. The van der Waals surface area contributed by atoms with Gasteiger partial charge in [0.25, 0.3) is 0 Å². The fourth-order valence-corrected chi connectivity index (χ4v) is 5.98. The van der Waals surface area contributed by atoms with Crippen LogP contribution in [0.15, 0.2) is 16.3 Å². The summed E-state index contributed by atoms with van der Waals surface area (Å²) in [6, 6.07) is 3.50. The van der Waals surface area contributed by atoms with Crippen LogP contribution >= 0.6 is 11.3 Å². The molecular weight excluding hydrogens is 310 g/mol. The van der Waals surface area contributed by atoms with E-state index in [-0.39, 0.29) is 24.0 Å². The van der Waals surface area contributed by atoms with E-state index in [1.165, 1.54) is 11.3 Å². The summed E-state index contributed by atoms with van der Waals surface area (Å²) in [7, 11) is -1.80. The lowest BCUT2D eigenvalue weighted by Crippen LogP contribution is -2.62. The van der Waals surface area contributed by atoms with Gasteiger partial charge in [0.2, 0.25) is 10.0 Å². The number of rotatable bonds is 6. The summed E-state index contributed by atoms with van der Waals surface area (Å²) < 4.78 is 39.2. The van der Waals surface area contributed by atoms with E-state index in [0.717, 1.165) is 17.7 Å². The van der Waals surface area contributed by atoms with E-state index in [2.05, 4.69) is 4.72 Å². The number of fused-ring (bicyclic) bond motifs is 1. The molecule has 1 N–H and O–H groups in total. The minimum atomic E-state index is -3.44. The highest BCUT2D eigenvalue weighted by molar-refractivity contribution is 7.91. The van der Waals surface area contributed by atoms with Crippen LogP contribution in [0.4, 0.5) is 0 Å². The third kappa shape index (κ3) is 2.77. The van der Waals surface area contributed by atoms with Crippen LogP contribution in [0.3, 0.4) is 0 Å². The third-order valence-electron chi connectivity index (χ3n) is 4.43. The SMILES string of the molecule is CCc1ccc(S(=O)(=O)N[C@H]2[C@@H](COC)[C@H]3OCC[C@@H]23)s1. The van der Waals surface area contributed by atoms with Gasteiger partial charge in [-0.05, 0) is 25.0 Å². The predicted octanol–water partition coefficient (Wildman–Crippen LogP) is 1.64. The first-order chi connectivity index (χ1) is 10.1. The van der Waals surface area contributed by atoms with E-state index >= 15 is 0 Å². The molecule has 118 valence electrons. The first kappa shape index (κ1) is 15.4. The molecule has 0 bridgehead atoms. The van der Waals surface area contributed by atoms with Crippen LogP contribution in [0.25, 0.3) is 0 Å². The van der Waals surface area contributed by atoms with Gasteiger partial charge in [-0.1, -0.05) is 6.92 Å². The monoisotopic (exact) mass is 331 g/mol. The third-order valence-corrected chi connectivity index (χ3v) is 7.61. The van der Waals surface area contributed by atoms with Crippen LogP contribution in [-0.4, -0.2) is 40.9 Å². The minimum absolute atomic E-state index is 0.0744. The Balaban J connectivity index is 1.75. The largest absolute Gasteiger partial charge is 0.384 e.